The molecule has 0 aliphatic heterocycles. The molecule has 0 spiro atoms. The lowest BCUT2D eigenvalue weighted by Gasteiger charge is -2.23. The maximum Gasteiger partial charge on any atom is 0.323 e. The summed E-state index contributed by atoms with van der Waals surface area (Å²) < 4.78 is 56.5. The van der Waals surface area contributed by atoms with Crippen molar-refractivity contribution in [1.82, 2.24) is 0 Å². The van der Waals surface area contributed by atoms with E-state index < -0.39 is 26.3 Å². The molecule has 11 heteroatoms. The second kappa shape index (κ2) is 8.92. The first kappa shape index (κ1) is 23.5. The van der Waals surface area contributed by atoms with E-state index in [4.69, 9.17) is 14.1 Å². The number of urea groups is 1. The smallest absolute Gasteiger partial charge is 0.323 e. The number of anilines is 2. The van der Waals surface area contributed by atoms with Crippen molar-refractivity contribution in [3.63, 3.8) is 0 Å². The minimum absolute atomic E-state index is 0.0709. The molecule has 0 atom stereocenters. The first-order valence-electron chi connectivity index (χ1n) is 8.99. The molecule has 0 saturated heterocycles. The minimum Gasteiger partial charge on any atom is -0.382 e. The average Bonchev–Trinajstić information content (AvgIpc) is 2.59. The van der Waals surface area contributed by atoms with Gasteiger partial charge in [-0.2, -0.15) is 16.8 Å². The fraction of sp³-hybridized carbons (Fsp3) is 0.316. The van der Waals surface area contributed by atoms with Gasteiger partial charge >= 0.3 is 26.3 Å². The Bertz CT molecular complexity index is 1070. The fourth-order valence-electron chi connectivity index (χ4n) is 2.83. The molecule has 0 aromatic heterocycles. The zero-order valence-electron chi connectivity index (χ0n) is 17.1. The van der Waals surface area contributed by atoms with Crippen molar-refractivity contribution < 1.29 is 30.0 Å². The zero-order chi connectivity index (χ0) is 22.7. The third-order valence-corrected chi connectivity index (χ3v) is 5.05. The van der Waals surface area contributed by atoms with E-state index in [1.807, 2.05) is 13.8 Å². The van der Waals surface area contributed by atoms with Crippen LogP contribution in [0.15, 0.2) is 36.4 Å². The van der Waals surface area contributed by atoms with Crippen molar-refractivity contribution in [3.8, 4) is 11.5 Å². The second-order valence-corrected chi connectivity index (χ2v) is 9.69. The first-order valence-corrected chi connectivity index (χ1v) is 12.6. The normalized spacial score (nSPS) is 11.7. The number of carbonyl (C=O) groups is 1. The maximum atomic E-state index is 12.2. The molecule has 0 heterocycles. The number of aryl methyl sites for hydroxylation is 2. The zero-order valence-corrected chi connectivity index (χ0v) is 18.7. The highest BCUT2D eigenvalue weighted by molar-refractivity contribution is 7.86. The van der Waals surface area contributed by atoms with Crippen molar-refractivity contribution in [2.75, 3.05) is 17.4 Å². The Kier molecular flexibility index (Phi) is 6.99. The van der Waals surface area contributed by atoms with Gasteiger partial charge in [-0.15, -0.1) is 0 Å². The van der Waals surface area contributed by atoms with Crippen LogP contribution in [0.1, 0.15) is 25.0 Å². The summed E-state index contributed by atoms with van der Waals surface area (Å²) in [6.07, 6.45) is 2.84. The summed E-state index contributed by atoms with van der Waals surface area (Å²) in [5, 5.41) is 0. The van der Waals surface area contributed by atoms with Crippen LogP contribution < -0.4 is 19.0 Å². The van der Waals surface area contributed by atoms with Crippen molar-refractivity contribution >= 4 is 37.6 Å². The number of benzene rings is 2. The van der Waals surface area contributed by atoms with E-state index in [0.29, 0.717) is 24.0 Å². The average molecular weight is 457 g/mol. The van der Waals surface area contributed by atoms with E-state index in [2.05, 4.69) is 0 Å². The molecule has 0 aliphatic carbocycles. The molecule has 164 valence electrons. The van der Waals surface area contributed by atoms with Crippen LogP contribution in [0.4, 0.5) is 16.2 Å². The summed E-state index contributed by atoms with van der Waals surface area (Å²) >= 11 is 0. The Balaban J connectivity index is 2.62. The number of carbonyl (C=O) groups excluding carboxylic acids is 1. The van der Waals surface area contributed by atoms with Gasteiger partial charge in [0.25, 0.3) is 0 Å². The molecule has 0 saturated carbocycles. The number of hydrogen-bond acceptors (Lipinski definition) is 7. The van der Waals surface area contributed by atoms with Crippen molar-refractivity contribution in [2.24, 2.45) is 5.73 Å². The van der Waals surface area contributed by atoms with E-state index in [1.165, 1.54) is 12.1 Å². The maximum absolute atomic E-state index is 12.2. The van der Waals surface area contributed by atoms with Crippen LogP contribution >= 0.6 is 0 Å². The van der Waals surface area contributed by atoms with E-state index in [0.717, 1.165) is 17.4 Å². The molecule has 2 amide bonds. The van der Waals surface area contributed by atoms with Crippen molar-refractivity contribution in [3.05, 3.63) is 47.5 Å². The molecule has 30 heavy (non-hydrogen) atoms. The van der Waals surface area contributed by atoms with Gasteiger partial charge in [-0.1, -0.05) is 26.0 Å². The molecular weight excluding hydrogens is 432 g/mol. The van der Waals surface area contributed by atoms with Gasteiger partial charge in [-0.3, -0.25) is 4.90 Å². The quantitative estimate of drug-likeness (QED) is 0.604. The van der Waals surface area contributed by atoms with Crippen LogP contribution in [0.5, 0.6) is 11.5 Å². The Labute approximate surface area is 176 Å². The van der Waals surface area contributed by atoms with Gasteiger partial charge in [0.15, 0.2) is 0 Å². The van der Waals surface area contributed by atoms with Crippen LogP contribution in [0.2, 0.25) is 0 Å². The lowest BCUT2D eigenvalue weighted by molar-refractivity contribution is 0.256. The van der Waals surface area contributed by atoms with Crippen molar-refractivity contribution in [1.29, 1.82) is 0 Å². The van der Waals surface area contributed by atoms with Crippen LogP contribution in [-0.4, -0.2) is 35.4 Å². The van der Waals surface area contributed by atoms with Gasteiger partial charge in [0.2, 0.25) is 0 Å². The summed E-state index contributed by atoms with van der Waals surface area (Å²) in [4.78, 5) is 13.3. The molecule has 0 bridgehead atoms. The summed E-state index contributed by atoms with van der Waals surface area (Å²) in [5.74, 6) is 0.142. The van der Waals surface area contributed by atoms with Crippen LogP contribution in [0, 0.1) is 0 Å². The van der Waals surface area contributed by atoms with Gasteiger partial charge < -0.3 is 14.1 Å². The predicted octanol–water partition coefficient (Wildman–Crippen LogP) is 2.71. The Hall–Kier alpha value is -2.79. The molecular formula is C19H24N2O7S2. The topological polar surface area (TPSA) is 133 Å². The van der Waals surface area contributed by atoms with Gasteiger partial charge in [0, 0.05) is 12.1 Å². The number of primary amides is 1. The standard InChI is InChI=1S/C19H24N2O7S2/c1-5-13-7-9-15(11-17(13)27-29(3,23)24)21(19(20)22)16-10-8-14(6-2)18(12-16)28-30(4,25)26/h7-12H,5-6H2,1-4H3,(H2,20,22). The molecule has 2 N–H and O–H groups in total. The third kappa shape index (κ3) is 6.10. The number of nitrogens with zero attached hydrogens (tertiary/aromatic N) is 1. The highest BCUT2D eigenvalue weighted by Gasteiger charge is 2.21. The molecule has 0 unspecified atom stereocenters. The predicted molar refractivity (Wildman–Crippen MR) is 114 cm³/mol. The SMILES string of the molecule is CCc1ccc(N(C(N)=O)c2ccc(CC)c(OS(C)(=O)=O)c2)cc1OS(C)(=O)=O. The lowest BCUT2D eigenvalue weighted by Crippen LogP contribution is -2.31. The molecule has 0 radical (unpaired) electrons. The third-order valence-electron chi connectivity index (χ3n) is 4.08. The molecule has 2 aromatic rings. The van der Waals surface area contributed by atoms with E-state index in [9.17, 15) is 21.6 Å². The van der Waals surface area contributed by atoms with Crippen LogP contribution in [0.25, 0.3) is 0 Å². The van der Waals surface area contributed by atoms with Gasteiger partial charge in [-0.25, -0.2) is 4.79 Å². The molecule has 9 nitrogen and oxygen atoms in total. The summed E-state index contributed by atoms with van der Waals surface area (Å²) in [7, 11) is -7.59. The second-order valence-electron chi connectivity index (χ2n) is 6.54. The van der Waals surface area contributed by atoms with Gasteiger partial charge in [0.05, 0.1) is 23.9 Å². The van der Waals surface area contributed by atoms with E-state index in [1.54, 1.807) is 24.3 Å². The molecule has 0 fully saturated rings. The van der Waals surface area contributed by atoms with Crippen LogP contribution in [0.3, 0.4) is 0 Å². The van der Waals surface area contributed by atoms with Crippen LogP contribution in [-0.2, 0) is 33.1 Å². The fourth-order valence-corrected chi connectivity index (χ4v) is 3.80. The first-order chi connectivity index (χ1) is 13.8. The van der Waals surface area contributed by atoms with Crippen molar-refractivity contribution in [2.45, 2.75) is 26.7 Å². The molecule has 2 rings (SSSR count). The minimum atomic E-state index is -3.79. The van der Waals surface area contributed by atoms with Gasteiger partial charge in [-0.05, 0) is 36.1 Å². The monoisotopic (exact) mass is 456 g/mol. The Morgan fingerprint density at radius 2 is 1.20 bits per heavy atom. The number of rotatable bonds is 8. The molecule has 2 aromatic carbocycles. The largest absolute Gasteiger partial charge is 0.382 e. The summed E-state index contributed by atoms with van der Waals surface area (Å²) in [6.45, 7) is 3.66. The highest BCUT2D eigenvalue weighted by Crippen LogP contribution is 2.34. The van der Waals surface area contributed by atoms with E-state index in [-0.39, 0.29) is 22.9 Å². The van der Waals surface area contributed by atoms with Gasteiger partial charge in [0.1, 0.15) is 11.5 Å². The Morgan fingerprint density at radius 1 is 0.833 bits per heavy atom. The summed E-state index contributed by atoms with van der Waals surface area (Å²) in [5.41, 5.74) is 7.29. The van der Waals surface area contributed by atoms with E-state index >= 15 is 0 Å². The lowest BCUT2D eigenvalue weighted by atomic mass is 10.1. The highest BCUT2D eigenvalue weighted by atomic mass is 32.2. The number of amides is 2. The summed E-state index contributed by atoms with van der Waals surface area (Å²) in [6, 6.07) is 8.33. The Morgan fingerprint density at radius 3 is 1.47 bits per heavy atom. The molecule has 0 aliphatic rings. The number of nitrogens with two attached hydrogens (primary N) is 1. The number of hydrogen-bond donors (Lipinski definition) is 1.